The van der Waals surface area contributed by atoms with Gasteiger partial charge in [-0.05, 0) is 72.0 Å². The SMILES string of the molecule is Cc1cc2cc(C(C)CCc3cc4cc(C(C)C)ccc4o3)ccc2s1. The molecule has 0 amide bonds. The highest BCUT2D eigenvalue weighted by molar-refractivity contribution is 7.19. The van der Waals surface area contributed by atoms with Gasteiger partial charge in [-0.15, -0.1) is 11.3 Å². The molecule has 0 aliphatic carbocycles. The summed E-state index contributed by atoms with van der Waals surface area (Å²) in [6.07, 6.45) is 2.08. The van der Waals surface area contributed by atoms with Crippen molar-refractivity contribution in [3.8, 4) is 0 Å². The predicted molar refractivity (Wildman–Crippen MR) is 114 cm³/mol. The molecule has 0 N–H and O–H groups in total. The zero-order chi connectivity index (χ0) is 18.3. The fourth-order valence-corrected chi connectivity index (χ4v) is 4.53. The number of hydrogen-bond donors (Lipinski definition) is 0. The van der Waals surface area contributed by atoms with Crippen LogP contribution in [0.3, 0.4) is 0 Å². The standard InChI is InChI=1S/C24H26OS/c1-15(2)18-6-9-23-20(12-18)14-22(25-23)8-5-16(3)19-7-10-24-21(13-19)11-17(4)26-24/h6-7,9-16H,5,8H2,1-4H3. The Hall–Kier alpha value is -2.06. The molecule has 0 fully saturated rings. The molecule has 2 heterocycles. The molecule has 2 heteroatoms. The Bertz CT molecular complexity index is 1050. The van der Waals surface area contributed by atoms with E-state index < -0.39 is 0 Å². The monoisotopic (exact) mass is 362 g/mol. The van der Waals surface area contributed by atoms with Crippen LogP contribution < -0.4 is 0 Å². The topological polar surface area (TPSA) is 13.1 Å². The first-order valence-electron chi connectivity index (χ1n) is 9.52. The molecule has 4 rings (SSSR count). The lowest BCUT2D eigenvalue weighted by Crippen LogP contribution is -1.95. The van der Waals surface area contributed by atoms with Crippen LogP contribution in [0.25, 0.3) is 21.1 Å². The molecular weight excluding hydrogens is 336 g/mol. The lowest BCUT2D eigenvalue weighted by molar-refractivity contribution is 0.523. The largest absolute Gasteiger partial charge is 0.461 e. The third kappa shape index (κ3) is 3.43. The van der Waals surface area contributed by atoms with Crippen molar-refractivity contribution in [3.63, 3.8) is 0 Å². The first-order chi connectivity index (χ1) is 12.5. The van der Waals surface area contributed by atoms with Gasteiger partial charge in [0.05, 0.1) is 0 Å². The van der Waals surface area contributed by atoms with Crippen molar-refractivity contribution < 1.29 is 4.42 Å². The van der Waals surface area contributed by atoms with Crippen LogP contribution >= 0.6 is 11.3 Å². The van der Waals surface area contributed by atoms with Gasteiger partial charge in [-0.2, -0.15) is 0 Å². The number of benzene rings is 2. The Morgan fingerprint density at radius 1 is 0.885 bits per heavy atom. The second-order valence-corrected chi connectivity index (χ2v) is 9.05. The molecule has 0 bridgehead atoms. The highest BCUT2D eigenvalue weighted by atomic mass is 32.1. The van der Waals surface area contributed by atoms with Crippen molar-refractivity contribution in [2.24, 2.45) is 0 Å². The highest BCUT2D eigenvalue weighted by Crippen LogP contribution is 2.31. The number of hydrogen-bond acceptors (Lipinski definition) is 2. The summed E-state index contributed by atoms with van der Waals surface area (Å²) in [6, 6.07) is 18.0. The minimum absolute atomic E-state index is 0.527. The number of rotatable bonds is 5. The van der Waals surface area contributed by atoms with E-state index in [2.05, 4.69) is 76.2 Å². The molecule has 26 heavy (non-hydrogen) atoms. The fourth-order valence-electron chi connectivity index (χ4n) is 3.63. The van der Waals surface area contributed by atoms with Crippen molar-refractivity contribution in [1.82, 2.24) is 0 Å². The third-order valence-electron chi connectivity index (χ3n) is 5.31. The van der Waals surface area contributed by atoms with E-state index in [1.807, 2.05) is 11.3 Å². The smallest absolute Gasteiger partial charge is 0.134 e. The van der Waals surface area contributed by atoms with Crippen molar-refractivity contribution >= 4 is 32.4 Å². The van der Waals surface area contributed by atoms with E-state index >= 15 is 0 Å². The van der Waals surface area contributed by atoms with Gasteiger partial charge in [-0.25, -0.2) is 0 Å². The first-order valence-corrected chi connectivity index (χ1v) is 10.3. The molecule has 1 nitrogen and oxygen atoms in total. The van der Waals surface area contributed by atoms with E-state index in [0.29, 0.717) is 11.8 Å². The summed E-state index contributed by atoms with van der Waals surface area (Å²) in [5, 5.41) is 2.61. The van der Waals surface area contributed by atoms with E-state index in [0.717, 1.165) is 24.2 Å². The van der Waals surface area contributed by atoms with Crippen LogP contribution in [-0.2, 0) is 6.42 Å². The molecule has 0 aliphatic heterocycles. The number of fused-ring (bicyclic) bond motifs is 2. The summed E-state index contributed by atoms with van der Waals surface area (Å²) in [5.74, 6) is 2.17. The van der Waals surface area contributed by atoms with Gasteiger partial charge in [0.1, 0.15) is 11.3 Å². The molecule has 0 saturated carbocycles. The van der Waals surface area contributed by atoms with Crippen LogP contribution in [-0.4, -0.2) is 0 Å². The van der Waals surface area contributed by atoms with Gasteiger partial charge in [0, 0.05) is 21.4 Å². The maximum atomic E-state index is 6.06. The van der Waals surface area contributed by atoms with Crippen molar-refractivity contribution in [2.75, 3.05) is 0 Å². The third-order valence-corrected chi connectivity index (χ3v) is 6.35. The second-order valence-electron chi connectivity index (χ2n) is 7.76. The van der Waals surface area contributed by atoms with Crippen molar-refractivity contribution in [2.45, 2.75) is 52.4 Å². The molecule has 0 radical (unpaired) electrons. The molecular formula is C24H26OS. The van der Waals surface area contributed by atoms with Gasteiger partial charge in [0.25, 0.3) is 0 Å². The van der Waals surface area contributed by atoms with Crippen molar-refractivity contribution in [1.29, 1.82) is 0 Å². The molecule has 1 atom stereocenters. The van der Waals surface area contributed by atoms with Gasteiger partial charge >= 0.3 is 0 Å². The molecule has 1 unspecified atom stereocenters. The Kier molecular flexibility index (Phi) is 4.62. The molecule has 2 aromatic carbocycles. The van der Waals surface area contributed by atoms with E-state index in [1.165, 1.54) is 31.5 Å². The lowest BCUT2D eigenvalue weighted by Gasteiger charge is -2.11. The normalized spacial score (nSPS) is 13.1. The fraction of sp³-hybridized carbons (Fsp3) is 0.333. The minimum atomic E-state index is 0.527. The van der Waals surface area contributed by atoms with E-state index in [9.17, 15) is 0 Å². The van der Waals surface area contributed by atoms with Gasteiger partial charge < -0.3 is 4.42 Å². The Morgan fingerprint density at radius 3 is 2.46 bits per heavy atom. The maximum absolute atomic E-state index is 6.06. The van der Waals surface area contributed by atoms with Crippen LogP contribution in [0.4, 0.5) is 0 Å². The summed E-state index contributed by atoms with van der Waals surface area (Å²) >= 11 is 1.87. The predicted octanol–water partition coefficient (Wildman–Crippen LogP) is 7.82. The maximum Gasteiger partial charge on any atom is 0.134 e. The quantitative estimate of drug-likeness (QED) is 0.353. The van der Waals surface area contributed by atoms with Crippen LogP contribution in [0.15, 0.2) is 52.9 Å². The van der Waals surface area contributed by atoms with Crippen LogP contribution in [0.1, 0.15) is 60.8 Å². The molecule has 134 valence electrons. The average molecular weight is 363 g/mol. The van der Waals surface area contributed by atoms with Crippen molar-refractivity contribution in [3.05, 3.63) is 70.3 Å². The zero-order valence-corrected chi connectivity index (χ0v) is 16.8. The van der Waals surface area contributed by atoms with Gasteiger partial charge in [0.2, 0.25) is 0 Å². The van der Waals surface area contributed by atoms with Gasteiger partial charge in [0.15, 0.2) is 0 Å². The van der Waals surface area contributed by atoms with Gasteiger partial charge in [-0.3, -0.25) is 0 Å². The average Bonchev–Trinajstić information content (AvgIpc) is 3.19. The van der Waals surface area contributed by atoms with Gasteiger partial charge in [-0.1, -0.05) is 39.0 Å². The Morgan fingerprint density at radius 2 is 1.65 bits per heavy atom. The van der Waals surface area contributed by atoms with E-state index in [-0.39, 0.29) is 0 Å². The number of furan rings is 1. The molecule has 2 aromatic heterocycles. The summed E-state index contributed by atoms with van der Waals surface area (Å²) < 4.78 is 7.45. The Labute approximate surface area is 159 Å². The molecule has 4 aromatic rings. The Balaban J connectivity index is 1.49. The molecule has 0 saturated heterocycles. The zero-order valence-electron chi connectivity index (χ0n) is 16.0. The van der Waals surface area contributed by atoms with E-state index in [4.69, 9.17) is 4.42 Å². The second kappa shape index (κ2) is 6.92. The summed E-state index contributed by atoms with van der Waals surface area (Å²) in [5.41, 5.74) is 3.80. The minimum Gasteiger partial charge on any atom is -0.461 e. The molecule has 0 aliphatic rings. The first kappa shape index (κ1) is 17.4. The highest BCUT2D eigenvalue weighted by Gasteiger charge is 2.11. The lowest BCUT2D eigenvalue weighted by atomic mass is 9.95. The summed E-state index contributed by atoms with van der Waals surface area (Å²) in [7, 11) is 0. The number of aryl methyl sites for hydroxylation is 2. The van der Waals surface area contributed by atoms with E-state index in [1.54, 1.807) is 0 Å². The molecule has 0 spiro atoms. The summed E-state index contributed by atoms with van der Waals surface area (Å²) in [6.45, 7) is 8.96. The van der Waals surface area contributed by atoms with Crippen LogP contribution in [0.2, 0.25) is 0 Å². The summed E-state index contributed by atoms with van der Waals surface area (Å²) in [4.78, 5) is 1.38. The van der Waals surface area contributed by atoms with Crippen LogP contribution in [0, 0.1) is 6.92 Å². The number of thiophene rings is 1. The van der Waals surface area contributed by atoms with Crippen LogP contribution in [0.5, 0.6) is 0 Å².